The van der Waals surface area contributed by atoms with Crippen molar-refractivity contribution in [3.8, 4) is 0 Å². The SMILES string of the molecule is O=C1OCCC1CCCOCCCOCCC1C=COC1. The van der Waals surface area contributed by atoms with E-state index in [9.17, 15) is 4.79 Å². The molecular weight excluding hydrogens is 272 g/mol. The van der Waals surface area contributed by atoms with Crippen LogP contribution in [0.15, 0.2) is 12.3 Å². The van der Waals surface area contributed by atoms with E-state index in [0.29, 0.717) is 19.1 Å². The van der Waals surface area contributed by atoms with Crippen LogP contribution in [0.1, 0.15) is 32.1 Å². The summed E-state index contributed by atoms with van der Waals surface area (Å²) in [6.07, 6.45) is 8.47. The molecule has 21 heavy (non-hydrogen) atoms. The quantitative estimate of drug-likeness (QED) is 0.433. The van der Waals surface area contributed by atoms with Crippen molar-refractivity contribution >= 4 is 5.97 Å². The van der Waals surface area contributed by atoms with E-state index in [2.05, 4.69) is 6.08 Å². The predicted octanol–water partition coefficient (Wildman–Crippen LogP) is 2.30. The number of esters is 1. The molecule has 0 aromatic heterocycles. The molecule has 5 heteroatoms. The molecule has 2 aliphatic rings. The highest BCUT2D eigenvalue weighted by Crippen LogP contribution is 2.19. The molecule has 0 amide bonds. The van der Waals surface area contributed by atoms with Gasteiger partial charge < -0.3 is 18.9 Å². The van der Waals surface area contributed by atoms with Gasteiger partial charge in [-0.05, 0) is 38.2 Å². The number of rotatable bonds is 11. The fourth-order valence-corrected chi connectivity index (χ4v) is 2.51. The van der Waals surface area contributed by atoms with E-state index >= 15 is 0 Å². The Morgan fingerprint density at radius 2 is 1.90 bits per heavy atom. The molecule has 0 aliphatic carbocycles. The third kappa shape index (κ3) is 6.48. The fraction of sp³-hybridized carbons (Fsp3) is 0.812. The minimum Gasteiger partial charge on any atom is -0.501 e. The standard InChI is InChI=1S/C16H26O5/c17-16-15(6-12-21-16)3-1-7-18-8-2-9-19-10-4-14-5-11-20-13-14/h5,11,14-15H,1-4,6-10,12-13H2. The molecule has 0 aromatic rings. The van der Waals surface area contributed by atoms with Crippen LogP contribution in [0.3, 0.4) is 0 Å². The largest absolute Gasteiger partial charge is 0.501 e. The first-order chi connectivity index (χ1) is 10.4. The summed E-state index contributed by atoms with van der Waals surface area (Å²) >= 11 is 0. The first-order valence-electron chi connectivity index (χ1n) is 7.96. The Morgan fingerprint density at radius 1 is 1.10 bits per heavy atom. The van der Waals surface area contributed by atoms with Crippen molar-refractivity contribution in [2.75, 3.05) is 39.6 Å². The molecule has 2 atom stereocenters. The van der Waals surface area contributed by atoms with Gasteiger partial charge in [0, 0.05) is 32.3 Å². The summed E-state index contributed by atoms with van der Waals surface area (Å²) < 4.78 is 21.2. The van der Waals surface area contributed by atoms with Gasteiger partial charge in [0.05, 0.1) is 25.4 Å². The van der Waals surface area contributed by atoms with E-state index in [-0.39, 0.29) is 11.9 Å². The minimum absolute atomic E-state index is 0.0362. The van der Waals surface area contributed by atoms with Gasteiger partial charge in [-0.25, -0.2) is 0 Å². The molecular formula is C16H26O5. The first-order valence-corrected chi connectivity index (χ1v) is 7.96. The normalized spacial score (nSPS) is 24.3. The lowest BCUT2D eigenvalue weighted by Gasteiger charge is -2.08. The highest BCUT2D eigenvalue weighted by atomic mass is 16.5. The van der Waals surface area contributed by atoms with Crippen molar-refractivity contribution in [3.05, 3.63) is 12.3 Å². The van der Waals surface area contributed by atoms with Crippen molar-refractivity contribution in [1.29, 1.82) is 0 Å². The first kappa shape index (κ1) is 16.3. The van der Waals surface area contributed by atoms with E-state index in [4.69, 9.17) is 18.9 Å². The van der Waals surface area contributed by atoms with Gasteiger partial charge in [0.25, 0.3) is 0 Å². The van der Waals surface area contributed by atoms with Crippen LogP contribution in [-0.2, 0) is 23.7 Å². The smallest absolute Gasteiger partial charge is 0.309 e. The second kappa shape index (κ2) is 9.79. The number of hydrogen-bond acceptors (Lipinski definition) is 5. The lowest BCUT2D eigenvalue weighted by atomic mass is 10.0. The zero-order chi connectivity index (χ0) is 14.8. The van der Waals surface area contributed by atoms with Crippen molar-refractivity contribution < 1.29 is 23.7 Å². The number of hydrogen-bond donors (Lipinski definition) is 0. The Kier molecular flexibility index (Phi) is 7.60. The Balaban J connectivity index is 1.30. The summed E-state index contributed by atoms with van der Waals surface area (Å²) in [5.41, 5.74) is 0. The zero-order valence-corrected chi connectivity index (χ0v) is 12.6. The third-order valence-corrected chi connectivity index (χ3v) is 3.85. The molecule has 0 radical (unpaired) electrons. The predicted molar refractivity (Wildman–Crippen MR) is 77.8 cm³/mol. The molecule has 1 fully saturated rings. The average Bonchev–Trinajstić information content (AvgIpc) is 3.13. The van der Waals surface area contributed by atoms with E-state index in [1.807, 2.05) is 0 Å². The molecule has 0 saturated carbocycles. The summed E-state index contributed by atoms with van der Waals surface area (Å²) in [5, 5.41) is 0. The number of carbonyl (C=O) groups excluding carboxylic acids is 1. The third-order valence-electron chi connectivity index (χ3n) is 3.85. The molecule has 2 unspecified atom stereocenters. The molecule has 1 saturated heterocycles. The molecule has 2 rings (SSSR count). The van der Waals surface area contributed by atoms with Crippen LogP contribution in [-0.4, -0.2) is 45.6 Å². The van der Waals surface area contributed by atoms with Gasteiger partial charge in [0.1, 0.15) is 0 Å². The van der Waals surface area contributed by atoms with Crippen LogP contribution in [0.2, 0.25) is 0 Å². The van der Waals surface area contributed by atoms with Crippen LogP contribution in [0.25, 0.3) is 0 Å². The van der Waals surface area contributed by atoms with E-state index in [1.54, 1.807) is 6.26 Å². The number of ether oxygens (including phenoxy) is 4. The molecule has 5 nitrogen and oxygen atoms in total. The number of carbonyl (C=O) groups is 1. The Morgan fingerprint density at radius 3 is 2.62 bits per heavy atom. The van der Waals surface area contributed by atoms with Crippen LogP contribution in [0.4, 0.5) is 0 Å². The van der Waals surface area contributed by atoms with Crippen LogP contribution in [0, 0.1) is 11.8 Å². The highest BCUT2D eigenvalue weighted by Gasteiger charge is 2.25. The Hall–Kier alpha value is -1.07. The lowest BCUT2D eigenvalue weighted by molar-refractivity contribution is -0.141. The zero-order valence-electron chi connectivity index (χ0n) is 12.6. The van der Waals surface area contributed by atoms with E-state index in [1.165, 1.54) is 0 Å². The summed E-state index contributed by atoms with van der Waals surface area (Å²) in [4.78, 5) is 11.2. The summed E-state index contributed by atoms with van der Waals surface area (Å²) in [7, 11) is 0. The van der Waals surface area contributed by atoms with Gasteiger partial charge in [-0.1, -0.05) is 0 Å². The van der Waals surface area contributed by atoms with Crippen LogP contribution < -0.4 is 0 Å². The van der Waals surface area contributed by atoms with Crippen LogP contribution in [0.5, 0.6) is 0 Å². The van der Waals surface area contributed by atoms with Gasteiger partial charge in [-0.3, -0.25) is 4.79 Å². The van der Waals surface area contributed by atoms with Crippen molar-refractivity contribution in [3.63, 3.8) is 0 Å². The molecule has 0 bridgehead atoms. The van der Waals surface area contributed by atoms with Crippen molar-refractivity contribution in [2.24, 2.45) is 11.8 Å². The molecule has 0 aromatic carbocycles. The monoisotopic (exact) mass is 298 g/mol. The van der Waals surface area contributed by atoms with Gasteiger partial charge in [0.15, 0.2) is 0 Å². The van der Waals surface area contributed by atoms with Crippen molar-refractivity contribution in [1.82, 2.24) is 0 Å². The van der Waals surface area contributed by atoms with Gasteiger partial charge in [0.2, 0.25) is 0 Å². The molecule has 2 heterocycles. The summed E-state index contributed by atoms with van der Waals surface area (Å²) in [6.45, 7) is 4.34. The van der Waals surface area contributed by atoms with Gasteiger partial charge in [-0.15, -0.1) is 0 Å². The fourth-order valence-electron chi connectivity index (χ4n) is 2.51. The maximum absolute atomic E-state index is 11.2. The molecule has 120 valence electrons. The maximum atomic E-state index is 11.2. The van der Waals surface area contributed by atoms with Gasteiger partial charge in [-0.2, -0.15) is 0 Å². The van der Waals surface area contributed by atoms with Crippen molar-refractivity contribution in [2.45, 2.75) is 32.1 Å². The Bertz CT molecular complexity index is 329. The van der Waals surface area contributed by atoms with E-state index in [0.717, 1.165) is 58.5 Å². The topological polar surface area (TPSA) is 54.0 Å². The van der Waals surface area contributed by atoms with Gasteiger partial charge >= 0.3 is 5.97 Å². The van der Waals surface area contributed by atoms with E-state index < -0.39 is 0 Å². The molecule has 0 spiro atoms. The number of cyclic esters (lactones) is 1. The van der Waals surface area contributed by atoms with Crippen LogP contribution >= 0.6 is 0 Å². The molecule has 2 aliphatic heterocycles. The summed E-state index contributed by atoms with van der Waals surface area (Å²) in [6, 6.07) is 0. The molecule has 0 N–H and O–H groups in total. The Labute approximate surface area is 126 Å². The summed E-state index contributed by atoms with van der Waals surface area (Å²) in [5.74, 6) is 0.583. The minimum atomic E-state index is -0.0362. The lowest BCUT2D eigenvalue weighted by Crippen LogP contribution is -2.09. The highest BCUT2D eigenvalue weighted by molar-refractivity contribution is 5.73. The average molecular weight is 298 g/mol. The second-order valence-electron chi connectivity index (χ2n) is 5.58. The maximum Gasteiger partial charge on any atom is 0.309 e. The second-order valence-corrected chi connectivity index (χ2v) is 5.58.